The van der Waals surface area contributed by atoms with Crippen LogP contribution >= 0.6 is 11.6 Å². The zero-order valence-electron chi connectivity index (χ0n) is 18.5. The van der Waals surface area contributed by atoms with Crippen LogP contribution in [0.2, 0.25) is 0 Å². The number of hydrogen-bond donors (Lipinski definition) is 1. The molecule has 0 saturated heterocycles. The third-order valence-corrected chi connectivity index (χ3v) is 7.62. The SMILES string of the molecule is CC(C)(C)C1=CC(=N\S(=O)(=O)c2ccccc2)/C(N=[N+]=N)=C(Cl)C/1=N\S(=O)(=O)c1ccccc1. The van der Waals surface area contributed by atoms with Crippen molar-refractivity contribution in [1.82, 2.24) is 4.91 Å². The van der Waals surface area contributed by atoms with Crippen molar-refractivity contribution in [2.45, 2.75) is 30.6 Å². The minimum atomic E-state index is -4.17. The van der Waals surface area contributed by atoms with Crippen LogP contribution in [0.5, 0.6) is 0 Å². The van der Waals surface area contributed by atoms with Crippen LogP contribution in [0, 0.1) is 10.9 Å². The van der Waals surface area contributed by atoms with E-state index in [0.717, 1.165) is 0 Å². The Morgan fingerprint density at radius 3 is 1.74 bits per heavy atom. The minimum Gasteiger partial charge on any atom is -0.199 e. The van der Waals surface area contributed by atoms with Gasteiger partial charge in [-0.25, -0.2) is 0 Å². The molecule has 0 fully saturated rings. The first-order valence-electron chi connectivity index (χ1n) is 9.87. The van der Waals surface area contributed by atoms with Gasteiger partial charge in [0, 0.05) is 0 Å². The highest BCUT2D eigenvalue weighted by Gasteiger charge is 2.35. The number of hydrogen-bond acceptors (Lipinski definition) is 6. The summed E-state index contributed by atoms with van der Waals surface area (Å²) in [5.74, 6) is 0. The third-order valence-electron chi connectivity index (χ3n) is 4.66. The van der Waals surface area contributed by atoms with Gasteiger partial charge in [0.2, 0.25) is 4.91 Å². The Bertz CT molecular complexity index is 1500. The molecule has 1 aliphatic rings. The van der Waals surface area contributed by atoms with Crippen molar-refractivity contribution in [1.29, 1.82) is 5.53 Å². The van der Waals surface area contributed by atoms with E-state index in [1.807, 2.05) is 0 Å². The van der Waals surface area contributed by atoms with Crippen LogP contribution in [-0.2, 0) is 20.0 Å². The highest BCUT2D eigenvalue weighted by Crippen LogP contribution is 2.36. The van der Waals surface area contributed by atoms with Crippen LogP contribution < -0.4 is 4.91 Å². The average molecular weight is 519 g/mol. The zero-order valence-corrected chi connectivity index (χ0v) is 20.9. The molecule has 3 rings (SSSR count). The molecule has 0 radical (unpaired) electrons. The van der Waals surface area contributed by atoms with Gasteiger partial charge in [0.15, 0.2) is 10.8 Å². The number of benzene rings is 2. The normalized spacial score (nSPS) is 17.5. The second kappa shape index (κ2) is 9.55. The van der Waals surface area contributed by atoms with Crippen molar-refractivity contribution in [3.63, 3.8) is 0 Å². The second-order valence-corrected chi connectivity index (χ2v) is 11.7. The minimum absolute atomic E-state index is 0.0463. The van der Waals surface area contributed by atoms with E-state index in [1.165, 1.54) is 30.3 Å². The van der Waals surface area contributed by atoms with Crippen LogP contribution in [0.25, 0.3) is 0 Å². The summed E-state index contributed by atoms with van der Waals surface area (Å²) in [6, 6.07) is 15.1. The number of sulfonamides is 2. The molecule has 176 valence electrons. The van der Waals surface area contributed by atoms with Gasteiger partial charge in [-0.2, -0.15) is 25.6 Å². The molecule has 0 amide bonds. The lowest BCUT2D eigenvalue weighted by atomic mass is 9.80. The van der Waals surface area contributed by atoms with Gasteiger partial charge in [-0.3, -0.25) is 0 Å². The van der Waals surface area contributed by atoms with Gasteiger partial charge in [-0.1, -0.05) is 68.8 Å². The number of nitrogens with one attached hydrogen (secondary N) is 1. The maximum absolute atomic E-state index is 13.0. The molecular formula is C22H21ClN5O4S2+. The van der Waals surface area contributed by atoms with E-state index in [-0.39, 0.29) is 31.9 Å². The molecule has 1 N–H and O–H groups in total. The summed E-state index contributed by atoms with van der Waals surface area (Å²) in [6.07, 6.45) is 1.36. The fourth-order valence-electron chi connectivity index (χ4n) is 3.03. The smallest absolute Gasteiger partial charge is 0.199 e. The molecule has 34 heavy (non-hydrogen) atoms. The Labute approximate surface area is 203 Å². The molecule has 0 spiro atoms. The van der Waals surface area contributed by atoms with Gasteiger partial charge in [-0.05, 0) is 41.3 Å². The van der Waals surface area contributed by atoms with E-state index >= 15 is 0 Å². The molecule has 1 aliphatic carbocycles. The van der Waals surface area contributed by atoms with Gasteiger partial charge in [0.1, 0.15) is 22.0 Å². The van der Waals surface area contributed by atoms with Gasteiger partial charge >= 0.3 is 0 Å². The fourth-order valence-corrected chi connectivity index (χ4v) is 5.40. The molecule has 0 atom stereocenters. The van der Waals surface area contributed by atoms with Gasteiger partial charge in [0.25, 0.3) is 20.0 Å². The second-order valence-electron chi connectivity index (χ2n) is 8.16. The van der Waals surface area contributed by atoms with Crippen molar-refractivity contribution in [3.8, 4) is 0 Å². The lowest BCUT2D eigenvalue weighted by molar-refractivity contribution is 0.525. The largest absolute Gasteiger partial charge is 0.282 e. The van der Waals surface area contributed by atoms with E-state index in [2.05, 4.69) is 18.8 Å². The topological polar surface area (TPSA) is 143 Å². The first kappa shape index (κ1) is 25.4. The quantitative estimate of drug-likeness (QED) is 0.349. The summed E-state index contributed by atoms with van der Waals surface area (Å²) >= 11 is 6.52. The maximum atomic E-state index is 13.0. The standard InChI is InChI=1S/C22H21ClN5O4S2/c1-22(2,3)17-14-18(26-33(29,30)15-10-6-4-7-11-15)21(25-28-24)19(23)20(17)27-34(31,32)16-12-8-5-9-13-16/h4-14,24H,1-3H3/q+1/b26-18+,27-20-. The van der Waals surface area contributed by atoms with Crippen molar-refractivity contribution < 1.29 is 16.8 Å². The highest BCUT2D eigenvalue weighted by molar-refractivity contribution is 7.90. The van der Waals surface area contributed by atoms with Crippen LogP contribution in [-0.4, -0.2) is 28.3 Å². The summed E-state index contributed by atoms with van der Waals surface area (Å²) in [7, 11) is -8.34. The Morgan fingerprint density at radius 1 is 0.824 bits per heavy atom. The molecule has 2 aromatic carbocycles. The summed E-state index contributed by atoms with van der Waals surface area (Å²) in [4.78, 5) is 2.86. The first-order chi connectivity index (χ1) is 15.9. The summed E-state index contributed by atoms with van der Waals surface area (Å²) in [5, 5.41) is 3.33. The van der Waals surface area contributed by atoms with Crippen LogP contribution in [0.3, 0.4) is 0 Å². The van der Waals surface area contributed by atoms with Crippen molar-refractivity contribution >= 4 is 43.1 Å². The Hall–Kier alpha value is -3.24. The Morgan fingerprint density at radius 2 is 1.29 bits per heavy atom. The van der Waals surface area contributed by atoms with E-state index in [4.69, 9.17) is 17.1 Å². The maximum Gasteiger partial charge on any atom is 0.282 e. The zero-order chi connectivity index (χ0) is 25.1. The average Bonchev–Trinajstić information content (AvgIpc) is 2.78. The third kappa shape index (κ3) is 5.45. The number of allylic oxidation sites excluding steroid dienone is 3. The highest BCUT2D eigenvalue weighted by atomic mass is 35.5. The Balaban J connectivity index is 2.30. The molecular weight excluding hydrogens is 498 g/mol. The van der Waals surface area contributed by atoms with E-state index in [9.17, 15) is 16.8 Å². The summed E-state index contributed by atoms with van der Waals surface area (Å²) in [5.41, 5.74) is 6.15. The van der Waals surface area contributed by atoms with E-state index in [1.54, 1.807) is 57.2 Å². The number of halogens is 1. The van der Waals surface area contributed by atoms with Gasteiger partial charge < -0.3 is 0 Å². The fraction of sp³-hybridized carbons (Fsp3) is 0.182. The van der Waals surface area contributed by atoms with Crippen LogP contribution in [0.15, 0.2) is 107 Å². The summed E-state index contributed by atoms with van der Waals surface area (Å²) in [6.45, 7) is 5.36. The molecule has 0 saturated carbocycles. The molecule has 0 unspecified atom stereocenters. The molecule has 0 heterocycles. The van der Waals surface area contributed by atoms with Crippen LogP contribution in [0.1, 0.15) is 20.8 Å². The molecule has 0 aromatic heterocycles. The van der Waals surface area contributed by atoms with Crippen LogP contribution in [0.4, 0.5) is 0 Å². The van der Waals surface area contributed by atoms with Crippen molar-refractivity contribution in [3.05, 3.63) is 83.0 Å². The van der Waals surface area contributed by atoms with Crippen molar-refractivity contribution in [2.75, 3.05) is 0 Å². The lowest BCUT2D eigenvalue weighted by Crippen LogP contribution is -2.26. The van der Waals surface area contributed by atoms with Crippen molar-refractivity contribution in [2.24, 2.45) is 19.3 Å². The molecule has 0 bridgehead atoms. The molecule has 12 heteroatoms. The predicted molar refractivity (Wildman–Crippen MR) is 130 cm³/mol. The van der Waals surface area contributed by atoms with E-state index in [0.29, 0.717) is 5.57 Å². The molecule has 0 aliphatic heterocycles. The lowest BCUT2D eigenvalue weighted by Gasteiger charge is -2.27. The van der Waals surface area contributed by atoms with E-state index < -0.39 is 25.5 Å². The van der Waals surface area contributed by atoms with Gasteiger partial charge in [-0.15, -0.1) is 0 Å². The molecule has 9 nitrogen and oxygen atoms in total. The van der Waals surface area contributed by atoms with Gasteiger partial charge in [0.05, 0.1) is 9.79 Å². The first-order valence-corrected chi connectivity index (χ1v) is 13.1. The molecule has 2 aromatic rings. The number of rotatable bonds is 5. The monoisotopic (exact) mass is 518 g/mol. The number of nitrogens with zero attached hydrogens (tertiary/aromatic N) is 4. The summed E-state index contributed by atoms with van der Waals surface area (Å²) < 4.78 is 59.5. The Kier molecular flexibility index (Phi) is 7.13. The predicted octanol–water partition coefficient (Wildman–Crippen LogP) is 4.63.